The molecule has 0 bridgehead atoms. The van der Waals surface area contributed by atoms with Gasteiger partial charge in [0, 0.05) is 18.5 Å². The normalized spacial score (nSPS) is 18.4. The smallest absolute Gasteiger partial charge is 0.126 e. The Labute approximate surface area is 131 Å². The molecule has 4 heteroatoms. The standard InChI is InChI=1S/C18H23NO3/c1-19-12-14(17-4-3-8-21-17)10-13-7-9-22-18-11-15(20-2)5-6-16(13)18/h3-6,8,11,13-14,19H,7,9-10,12H2,1-2H3. The van der Waals surface area contributed by atoms with Crippen LogP contribution in [0.3, 0.4) is 0 Å². The molecule has 0 radical (unpaired) electrons. The highest BCUT2D eigenvalue weighted by Gasteiger charge is 2.26. The van der Waals surface area contributed by atoms with Crippen molar-refractivity contribution in [1.82, 2.24) is 5.32 Å². The Morgan fingerprint density at radius 2 is 2.27 bits per heavy atom. The quantitative estimate of drug-likeness (QED) is 0.886. The number of hydrogen-bond donors (Lipinski definition) is 1. The lowest BCUT2D eigenvalue weighted by Crippen LogP contribution is -2.22. The molecule has 2 atom stereocenters. The number of fused-ring (bicyclic) bond motifs is 1. The predicted molar refractivity (Wildman–Crippen MR) is 85.8 cm³/mol. The Kier molecular flexibility index (Phi) is 4.68. The molecule has 3 rings (SSSR count). The van der Waals surface area contributed by atoms with Crippen LogP contribution in [0.5, 0.6) is 11.5 Å². The second-order valence-corrected chi connectivity index (χ2v) is 5.74. The molecule has 0 saturated heterocycles. The van der Waals surface area contributed by atoms with Crippen LogP contribution in [0.2, 0.25) is 0 Å². The minimum Gasteiger partial charge on any atom is -0.497 e. The molecule has 2 heterocycles. The molecule has 1 N–H and O–H groups in total. The highest BCUT2D eigenvalue weighted by Crippen LogP contribution is 2.41. The van der Waals surface area contributed by atoms with E-state index in [2.05, 4.69) is 17.4 Å². The molecule has 2 unspecified atom stereocenters. The van der Waals surface area contributed by atoms with Crippen molar-refractivity contribution < 1.29 is 13.9 Å². The molecule has 1 aromatic carbocycles. The van der Waals surface area contributed by atoms with E-state index < -0.39 is 0 Å². The number of furan rings is 1. The topological polar surface area (TPSA) is 43.6 Å². The largest absolute Gasteiger partial charge is 0.497 e. The van der Waals surface area contributed by atoms with E-state index in [1.54, 1.807) is 13.4 Å². The maximum atomic E-state index is 5.81. The summed E-state index contributed by atoms with van der Waals surface area (Å²) in [5, 5.41) is 3.28. The minimum absolute atomic E-state index is 0.373. The highest BCUT2D eigenvalue weighted by molar-refractivity contribution is 5.44. The van der Waals surface area contributed by atoms with Gasteiger partial charge in [0.25, 0.3) is 0 Å². The second-order valence-electron chi connectivity index (χ2n) is 5.74. The maximum absolute atomic E-state index is 5.81. The number of hydrogen-bond acceptors (Lipinski definition) is 4. The second kappa shape index (κ2) is 6.88. The Morgan fingerprint density at radius 3 is 3.00 bits per heavy atom. The minimum atomic E-state index is 0.373. The summed E-state index contributed by atoms with van der Waals surface area (Å²) in [5.41, 5.74) is 1.28. The fraction of sp³-hybridized carbons (Fsp3) is 0.444. The van der Waals surface area contributed by atoms with Gasteiger partial charge in [0.05, 0.1) is 20.0 Å². The molecular weight excluding hydrogens is 278 g/mol. The third-order valence-corrected chi connectivity index (χ3v) is 4.35. The first-order chi connectivity index (χ1) is 10.8. The molecule has 1 aliphatic heterocycles. The molecule has 0 fully saturated rings. The summed E-state index contributed by atoms with van der Waals surface area (Å²) in [5.74, 6) is 3.71. The Morgan fingerprint density at radius 1 is 1.36 bits per heavy atom. The molecular formula is C18H23NO3. The van der Waals surface area contributed by atoms with E-state index in [4.69, 9.17) is 13.9 Å². The van der Waals surface area contributed by atoms with Gasteiger partial charge in [-0.1, -0.05) is 6.07 Å². The van der Waals surface area contributed by atoms with Gasteiger partial charge in [0.15, 0.2) is 0 Å². The third-order valence-electron chi connectivity index (χ3n) is 4.35. The summed E-state index contributed by atoms with van der Waals surface area (Å²) in [6.07, 6.45) is 3.85. The molecule has 0 spiro atoms. The molecule has 2 aromatic rings. The Hall–Kier alpha value is -1.94. The van der Waals surface area contributed by atoms with Gasteiger partial charge in [-0.25, -0.2) is 0 Å². The van der Waals surface area contributed by atoms with E-state index in [1.165, 1.54) is 5.56 Å². The van der Waals surface area contributed by atoms with Gasteiger partial charge < -0.3 is 19.2 Å². The number of ether oxygens (including phenoxy) is 2. The highest BCUT2D eigenvalue weighted by atomic mass is 16.5. The fourth-order valence-electron chi connectivity index (χ4n) is 3.23. The van der Waals surface area contributed by atoms with Crippen LogP contribution in [0.1, 0.15) is 36.0 Å². The number of methoxy groups -OCH3 is 1. The maximum Gasteiger partial charge on any atom is 0.126 e. The molecule has 22 heavy (non-hydrogen) atoms. The van der Waals surface area contributed by atoms with Gasteiger partial charge >= 0.3 is 0 Å². The molecule has 0 saturated carbocycles. The Balaban J connectivity index is 1.81. The molecule has 0 amide bonds. The van der Waals surface area contributed by atoms with Gasteiger partial charge in [-0.15, -0.1) is 0 Å². The number of benzene rings is 1. The van der Waals surface area contributed by atoms with Crippen molar-refractivity contribution in [3.63, 3.8) is 0 Å². The van der Waals surface area contributed by atoms with E-state index in [9.17, 15) is 0 Å². The average molecular weight is 301 g/mol. The lowest BCUT2D eigenvalue weighted by Gasteiger charge is -2.28. The van der Waals surface area contributed by atoms with Crippen molar-refractivity contribution in [3.05, 3.63) is 47.9 Å². The first-order valence-corrected chi connectivity index (χ1v) is 7.80. The van der Waals surface area contributed by atoms with E-state index in [1.807, 2.05) is 25.2 Å². The van der Waals surface area contributed by atoms with Crippen LogP contribution in [-0.4, -0.2) is 27.3 Å². The van der Waals surface area contributed by atoms with Crippen LogP contribution in [0, 0.1) is 0 Å². The molecule has 1 aromatic heterocycles. The summed E-state index contributed by atoms with van der Waals surface area (Å²) < 4.78 is 16.7. The van der Waals surface area contributed by atoms with Crippen molar-refractivity contribution in [3.8, 4) is 11.5 Å². The van der Waals surface area contributed by atoms with Gasteiger partial charge in [-0.05, 0) is 49.6 Å². The summed E-state index contributed by atoms with van der Waals surface area (Å²) in [6.45, 7) is 1.67. The number of likely N-dealkylation sites (N-methyl/N-ethyl adjacent to an activating group) is 1. The van der Waals surface area contributed by atoms with Crippen LogP contribution in [0.25, 0.3) is 0 Å². The monoisotopic (exact) mass is 301 g/mol. The van der Waals surface area contributed by atoms with Crippen LogP contribution in [0.15, 0.2) is 41.0 Å². The Bertz CT molecular complexity index is 594. The first kappa shape index (κ1) is 15.0. The zero-order chi connectivity index (χ0) is 15.4. The summed E-state index contributed by atoms with van der Waals surface area (Å²) in [4.78, 5) is 0. The van der Waals surface area contributed by atoms with Crippen LogP contribution >= 0.6 is 0 Å². The molecule has 118 valence electrons. The summed E-state index contributed by atoms with van der Waals surface area (Å²) >= 11 is 0. The summed E-state index contributed by atoms with van der Waals surface area (Å²) in [6, 6.07) is 10.2. The zero-order valence-electron chi connectivity index (χ0n) is 13.2. The SMILES string of the molecule is CNCC(CC1CCOc2cc(OC)ccc21)c1ccco1. The lowest BCUT2D eigenvalue weighted by atomic mass is 9.84. The van der Waals surface area contributed by atoms with Crippen LogP contribution in [-0.2, 0) is 0 Å². The van der Waals surface area contributed by atoms with Crippen molar-refractivity contribution in [1.29, 1.82) is 0 Å². The van der Waals surface area contributed by atoms with Crippen LogP contribution < -0.4 is 14.8 Å². The summed E-state index contributed by atoms with van der Waals surface area (Å²) in [7, 11) is 3.67. The lowest BCUT2D eigenvalue weighted by molar-refractivity contribution is 0.254. The van der Waals surface area contributed by atoms with E-state index in [-0.39, 0.29) is 0 Å². The number of rotatable bonds is 6. The molecule has 1 aliphatic rings. The van der Waals surface area contributed by atoms with Crippen molar-refractivity contribution in [2.24, 2.45) is 0 Å². The van der Waals surface area contributed by atoms with Crippen molar-refractivity contribution in [2.75, 3.05) is 27.3 Å². The number of nitrogens with one attached hydrogen (secondary N) is 1. The fourth-order valence-corrected chi connectivity index (χ4v) is 3.23. The third kappa shape index (κ3) is 3.12. The molecule has 4 nitrogen and oxygen atoms in total. The van der Waals surface area contributed by atoms with Gasteiger partial charge in [0.2, 0.25) is 0 Å². The molecule has 0 aliphatic carbocycles. The predicted octanol–water partition coefficient (Wildman–Crippen LogP) is 3.55. The van der Waals surface area contributed by atoms with Gasteiger partial charge in [0.1, 0.15) is 17.3 Å². The van der Waals surface area contributed by atoms with Gasteiger partial charge in [-0.2, -0.15) is 0 Å². The van der Waals surface area contributed by atoms with Crippen molar-refractivity contribution >= 4 is 0 Å². The van der Waals surface area contributed by atoms with E-state index in [0.29, 0.717) is 11.8 Å². The average Bonchev–Trinajstić information content (AvgIpc) is 3.08. The van der Waals surface area contributed by atoms with E-state index >= 15 is 0 Å². The zero-order valence-corrected chi connectivity index (χ0v) is 13.2. The van der Waals surface area contributed by atoms with Crippen molar-refractivity contribution in [2.45, 2.75) is 24.7 Å². The van der Waals surface area contributed by atoms with Crippen LogP contribution in [0.4, 0.5) is 0 Å². The first-order valence-electron chi connectivity index (χ1n) is 7.80. The van der Waals surface area contributed by atoms with Gasteiger partial charge in [-0.3, -0.25) is 0 Å². The van der Waals surface area contributed by atoms with E-state index in [0.717, 1.165) is 43.3 Å².